The number of halogens is 7. The van der Waals surface area contributed by atoms with Crippen LogP contribution in [0.5, 0.6) is 0 Å². The molecular weight excluding hydrogens is 341 g/mol. The molecule has 8 heteroatoms. The predicted octanol–water partition coefficient (Wildman–Crippen LogP) is 5.94. The van der Waals surface area contributed by atoms with E-state index in [4.69, 9.17) is 4.74 Å². The number of aryl methyl sites for hydroxylation is 1. The normalized spacial score (nSPS) is 14.7. The van der Waals surface area contributed by atoms with Gasteiger partial charge in [0.15, 0.2) is 0 Å². The van der Waals surface area contributed by atoms with E-state index in [0.29, 0.717) is 0 Å². The Morgan fingerprint density at radius 1 is 0.958 bits per heavy atom. The monoisotopic (exact) mass is 360 g/mol. The van der Waals surface area contributed by atoms with E-state index in [2.05, 4.69) is 0 Å². The van der Waals surface area contributed by atoms with Crippen LogP contribution in [-0.4, -0.2) is 25.1 Å². The van der Waals surface area contributed by atoms with Gasteiger partial charge in [-0.2, -0.15) is 30.7 Å². The zero-order chi connectivity index (χ0) is 18.6. The quantitative estimate of drug-likeness (QED) is 0.521. The van der Waals surface area contributed by atoms with Crippen LogP contribution in [0.2, 0.25) is 0 Å². The van der Waals surface area contributed by atoms with Crippen molar-refractivity contribution in [3.8, 4) is 0 Å². The van der Waals surface area contributed by atoms with Gasteiger partial charge in [0.25, 0.3) is 0 Å². The Morgan fingerprint density at radius 2 is 1.50 bits per heavy atom. The van der Waals surface area contributed by atoms with Crippen LogP contribution in [0, 0.1) is 0 Å². The summed E-state index contributed by atoms with van der Waals surface area (Å²) < 4.78 is 94.3. The van der Waals surface area contributed by atoms with Crippen LogP contribution in [0.15, 0.2) is 24.3 Å². The van der Waals surface area contributed by atoms with Gasteiger partial charge in [-0.25, -0.2) is 0 Å². The second kappa shape index (κ2) is 7.72. The third-order valence-corrected chi connectivity index (χ3v) is 3.71. The number of hydrogen-bond acceptors (Lipinski definition) is 1. The molecule has 0 heterocycles. The predicted molar refractivity (Wildman–Crippen MR) is 75.4 cm³/mol. The minimum atomic E-state index is -6.33. The second-order valence-corrected chi connectivity index (χ2v) is 5.55. The Morgan fingerprint density at radius 3 is 1.92 bits per heavy atom. The summed E-state index contributed by atoms with van der Waals surface area (Å²) in [5.74, 6) is -11.4. The lowest BCUT2D eigenvalue weighted by atomic mass is 9.97. The summed E-state index contributed by atoms with van der Waals surface area (Å²) in [5, 5.41) is 0. The third-order valence-electron chi connectivity index (χ3n) is 3.71. The number of benzene rings is 1. The van der Waals surface area contributed by atoms with E-state index >= 15 is 0 Å². The molecule has 0 saturated carbocycles. The van der Waals surface area contributed by atoms with Crippen molar-refractivity contribution in [3.63, 3.8) is 0 Å². The van der Waals surface area contributed by atoms with Gasteiger partial charge in [-0.3, -0.25) is 0 Å². The summed E-state index contributed by atoms with van der Waals surface area (Å²) in [6, 6.07) is 6.05. The van der Waals surface area contributed by atoms with Gasteiger partial charge >= 0.3 is 18.0 Å². The maximum absolute atomic E-state index is 13.5. The van der Waals surface area contributed by atoms with E-state index in [0.717, 1.165) is 31.9 Å². The molecule has 1 aromatic rings. The number of rotatable bonds is 8. The van der Waals surface area contributed by atoms with Gasteiger partial charge in [0.2, 0.25) is 0 Å². The third kappa shape index (κ3) is 4.62. The van der Waals surface area contributed by atoms with Gasteiger partial charge in [-0.1, -0.05) is 37.6 Å². The molecule has 0 radical (unpaired) electrons. The number of ether oxygens (including phenoxy) is 1. The summed E-state index contributed by atoms with van der Waals surface area (Å²) in [6.45, 7) is 2.00. The highest BCUT2D eigenvalue weighted by Crippen LogP contribution is 2.50. The fourth-order valence-electron chi connectivity index (χ4n) is 2.19. The molecule has 138 valence electrons. The molecule has 1 unspecified atom stereocenters. The first-order valence-electron chi connectivity index (χ1n) is 7.40. The molecule has 1 aromatic carbocycles. The maximum Gasteiger partial charge on any atom is 0.459 e. The SMILES string of the molecule is CCCCc1ccc(C(CC(F)(F)C(F)(F)C(F)(F)F)OC)cc1. The summed E-state index contributed by atoms with van der Waals surface area (Å²) in [4.78, 5) is 0. The van der Waals surface area contributed by atoms with Crippen molar-refractivity contribution in [3.05, 3.63) is 35.4 Å². The average molecular weight is 360 g/mol. The molecule has 0 saturated heterocycles. The number of hydrogen-bond donors (Lipinski definition) is 0. The molecule has 0 aromatic heterocycles. The van der Waals surface area contributed by atoms with Crippen LogP contribution in [0.4, 0.5) is 30.7 Å². The van der Waals surface area contributed by atoms with Crippen molar-refractivity contribution in [2.45, 2.75) is 56.7 Å². The molecule has 0 spiro atoms. The van der Waals surface area contributed by atoms with Gasteiger partial charge in [-0.15, -0.1) is 0 Å². The zero-order valence-corrected chi connectivity index (χ0v) is 13.3. The molecule has 0 N–H and O–H groups in total. The number of unbranched alkanes of at least 4 members (excludes halogenated alkanes) is 1. The van der Waals surface area contributed by atoms with Crippen LogP contribution in [0.25, 0.3) is 0 Å². The molecule has 0 fully saturated rings. The standard InChI is InChI=1S/C16H19F7O/c1-3-4-5-11-6-8-12(9-7-11)13(24-2)10-14(17,18)15(19,20)16(21,22)23/h6-9,13H,3-5,10H2,1-2H3. The smallest absolute Gasteiger partial charge is 0.377 e. The summed E-state index contributed by atoms with van der Waals surface area (Å²) >= 11 is 0. The van der Waals surface area contributed by atoms with E-state index in [1.165, 1.54) is 12.1 Å². The van der Waals surface area contributed by atoms with Crippen LogP contribution < -0.4 is 0 Å². The Hall–Kier alpha value is -1.31. The summed E-state index contributed by atoms with van der Waals surface area (Å²) in [5.41, 5.74) is 1.04. The first-order valence-corrected chi connectivity index (χ1v) is 7.40. The van der Waals surface area contributed by atoms with Crippen molar-refractivity contribution in [1.29, 1.82) is 0 Å². The van der Waals surface area contributed by atoms with E-state index in [-0.39, 0.29) is 5.56 Å². The first kappa shape index (κ1) is 20.7. The zero-order valence-electron chi connectivity index (χ0n) is 13.3. The molecular formula is C16H19F7O. The molecule has 0 aliphatic carbocycles. The second-order valence-electron chi connectivity index (χ2n) is 5.55. The number of alkyl halides is 7. The fraction of sp³-hybridized carbons (Fsp3) is 0.625. The maximum atomic E-state index is 13.5. The Labute approximate surface area is 135 Å². The van der Waals surface area contributed by atoms with Crippen molar-refractivity contribution >= 4 is 0 Å². The molecule has 0 bridgehead atoms. The van der Waals surface area contributed by atoms with E-state index < -0.39 is 30.5 Å². The Balaban J connectivity index is 2.94. The first-order chi connectivity index (χ1) is 11.0. The van der Waals surface area contributed by atoms with Crippen LogP contribution in [0.1, 0.15) is 43.4 Å². The van der Waals surface area contributed by atoms with Crippen molar-refractivity contribution in [2.24, 2.45) is 0 Å². The Bertz CT molecular complexity index is 508. The molecule has 1 nitrogen and oxygen atoms in total. The minimum absolute atomic E-state index is 0.121. The average Bonchev–Trinajstić information content (AvgIpc) is 2.50. The van der Waals surface area contributed by atoms with Gasteiger partial charge in [0.1, 0.15) is 0 Å². The molecule has 24 heavy (non-hydrogen) atoms. The van der Waals surface area contributed by atoms with Gasteiger partial charge in [0, 0.05) is 13.5 Å². The van der Waals surface area contributed by atoms with Gasteiger partial charge in [-0.05, 0) is 24.0 Å². The van der Waals surface area contributed by atoms with E-state index in [9.17, 15) is 30.7 Å². The van der Waals surface area contributed by atoms with E-state index in [1.807, 2.05) is 6.92 Å². The topological polar surface area (TPSA) is 9.23 Å². The molecule has 1 rings (SSSR count). The lowest BCUT2D eigenvalue weighted by Gasteiger charge is -2.30. The lowest BCUT2D eigenvalue weighted by molar-refractivity contribution is -0.358. The van der Waals surface area contributed by atoms with Crippen molar-refractivity contribution < 1.29 is 35.5 Å². The summed E-state index contributed by atoms with van der Waals surface area (Å²) in [7, 11) is 0.984. The van der Waals surface area contributed by atoms with Crippen LogP contribution in [0.3, 0.4) is 0 Å². The highest BCUT2D eigenvalue weighted by Gasteiger charge is 2.73. The highest BCUT2D eigenvalue weighted by molar-refractivity contribution is 5.25. The number of methoxy groups -OCH3 is 1. The fourth-order valence-corrected chi connectivity index (χ4v) is 2.19. The lowest BCUT2D eigenvalue weighted by Crippen LogP contribution is -2.52. The molecule has 1 atom stereocenters. The highest BCUT2D eigenvalue weighted by atomic mass is 19.4. The van der Waals surface area contributed by atoms with Crippen molar-refractivity contribution in [1.82, 2.24) is 0 Å². The van der Waals surface area contributed by atoms with Crippen LogP contribution >= 0.6 is 0 Å². The summed E-state index contributed by atoms with van der Waals surface area (Å²) in [6.07, 6.45) is -7.04. The van der Waals surface area contributed by atoms with E-state index in [1.54, 1.807) is 12.1 Å². The minimum Gasteiger partial charge on any atom is -0.377 e. The molecule has 0 aliphatic rings. The van der Waals surface area contributed by atoms with Crippen molar-refractivity contribution in [2.75, 3.05) is 7.11 Å². The largest absolute Gasteiger partial charge is 0.459 e. The Kier molecular flexibility index (Phi) is 6.67. The van der Waals surface area contributed by atoms with Gasteiger partial charge in [0.05, 0.1) is 6.10 Å². The van der Waals surface area contributed by atoms with Crippen LogP contribution in [-0.2, 0) is 11.2 Å². The molecule has 0 amide bonds. The van der Waals surface area contributed by atoms with Gasteiger partial charge < -0.3 is 4.74 Å². The molecule has 0 aliphatic heterocycles.